The van der Waals surface area contributed by atoms with Crippen LogP contribution in [0.5, 0.6) is 0 Å². The molecule has 3 rings (SSSR count). The Morgan fingerprint density at radius 2 is 2.10 bits per heavy atom. The summed E-state index contributed by atoms with van der Waals surface area (Å²) in [6.45, 7) is 5.51. The summed E-state index contributed by atoms with van der Waals surface area (Å²) in [6.07, 6.45) is 7.05. The average molecular weight is 308 g/mol. The van der Waals surface area contributed by atoms with Gasteiger partial charge in [-0.15, -0.1) is 11.3 Å². The molecule has 2 aliphatic carbocycles. The molecule has 21 heavy (non-hydrogen) atoms. The Hall–Kier alpha value is -1.10. The van der Waals surface area contributed by atoms with Crippen molar-refractivity contribution in [2.24, 2.45) is 0 Å². The fraction of sp³-hybridized carbons (Fsp3) is 0.750. The van der Waals surface area contributed by atoms with E-state index in [1.807, 2.05) is 6.92 Å². The lowest BCUT2D eigenvalue weighted by atomic mass is 10.1. The van der Waals surface area contributed by atoms with Crippen molar-refractivity contribution in [2.75, 3.05) is 18.1 Å². The van der Waals surface area contributed by atoms with Crippen LogP contribution in [-0.4, -0.2) is 30.1 Å². The van der Waals surface area contributed by atoms with E-state index in [1.165, 1.54) is 30.6 Å². The molecule has 0 bridgehead atoms. The number of aryl methyl sites for hydroxylation is 1. The van der Waals surface area contributed by atoms with Crippen LogP contribution in [-0.2, 0) is 16.0 Å². The van der Waals surface area contributed by atoms with Crippen LogP contribution in [0.4, 0.5) is 5.13 Å². The number of rotatable bonds is 5. The first-order chi connectivity index (χ1) is 10.2. The number of anilines is 1. The number of aromatic nitrogens is 1. The van der Waals surface area contributed by atoms with Crippen LogP contribution < -0.4 is 4.90 Å². The number of fused-ring (bicyclic) bond motifs is 1. The highest BCUT2D eigenvalue weighted by Crippen LogP contribution is 2.41. The van der Waals surface area contributed by atoms with E-state index in [2.05, 4.69) is 11.8 Å². The molecule has 1 aromatic rings. The summed E-state index contributed by atoms with van der Waals surface area (Å²) in [5, 5.41) is 1.11. The highest BCUT2D eigenvalue weighted by Gasteiger charge is 2.35. The van der Waals surface area contributed by atoms with Crippen molar-refractivity contribution >= 4 is 22.4 Å². The summed E-state index contributed by atoms with van der Waals surface area (Å²) in [5.74, 6) is -0.232. The summed E-state index contributed by atoms with van der Waals surface area (Å²) in [4.78, 5) is 20.6. The van der Waals surface area contributed by atoms with Crippen molar-refractivity contribution in [3.05, 3.63) is 10.6 Å². The standard InChI is InChI=1S/C16H24N2O2S/c1-3-18(11-7-5-6-8-11)16-17-14-12(15(19)20-4-2)9-10-13(14)21-16/h11-12H,3-10H2,1-2H3. The Bertz CT molecular complexity index is 508. The molecule has 0 radical (unpaired) electrons. The van der Waals surface area contributed by atoms with Gasteiger partial charge in [-0.25, -0.2) is 4.98 Å². The summed E-state index contributed by atoms with van der Waals surface area (Å²) in [5.41, 5.74) is 0.991. The van der Waals surface area contributed by atoms with Gasteiger partial charge in [0.25, 0.3) is 0 Å². The van der Waals surface area contributed by atoms with Crippen molar-refractivity contribution in [1.82, 2.24) is 4.98 Å². The minimum atomic E-state index is -0.132. The van der Waals surface area contributed by atoms with Gasteiger partial charge in [0, 0.05) is 17.5 Å². The zero-order valence-corrected chi connectivity index (χ0v) is 13.7. The Balaban J connectivity index is 1.80. The second-order valence-electron chi connectivity index (χ2n) is 5.87. The maximum Gasteiger partial charge on any atom is 0.315 e. The number of ether oxygens (including phenoxy) is 1. The van der Waals surface area contributed by atoms with Crippen LogP contribution in [0.25, 0.3) is 0 Å². The Morgan fingerprint density at radius 3 is 2.76 bits per heavy atom. The fourth-order valence-corrected chi connectivity index (χ4v) is 4.85. The molecule has 0 N–H and O–H groups in total. The van der Waals surface area contributed by atoms with E-state index >= 15 is 0 Å². The van der Waals surface area contributed by atoms with E-state index < -0.39 is 0 Å². The molecule has 0 saturated heterocycles. The van der Waals surface area contributed by atoms with E-state index in [-0.39, 0.29) is 11.9 Å². The zero-order chi connectivity index (χ0) is 14.8. The molecule has 1 atom stereocenters. The van der Waals surface area contributed by atoms with Crippen LogP contribution in [0.3, 0.4) is 0 Å². The lowest BCUT2D eigenvalue weighted by molar-refractivity contribution is -0.145. The molecule has 4 nitrogen and oxygen atoms in total. The molecule has 0 aliphatic heterocycles. The molecule has 0 aromatic carbocycles. The second-order valence-corrected chi connectivity index (χ2v) is 6.93. The number of thiazole rings is 1. The molecule has 0 spiro atoms. The van der Waals surface area contributed by atoms with Crippen molar-refractivity contribution < 1.29 is 9.53 Å². The van der Waals surface area contributed by atoms with E-state index in [0.29, 0.717) is 12.6 Å². The SMILES string of the molecule is CCOC(=O)C1CCc2sc(N(CC)C3CCCC3)nc21. The fourth-order valence-electron chi connectivity index (χ4n) is 3.57. The maximum atomic E-state index is 12.0. The van der Waals surface area contributed by atoms with E-state index in [9.17, 15) is 4.79 Å². The predicted molar refractivity (Wildman–Crippen MR) is 85.1 cm³/mol. The predicted octanol–water partition coefficient (Wildman–Crippen LogP) is 3.50. The van der Waals surface area contributed by atoms with Crippen molar-refractivity contribution in [2.45, 2.75) is 64.3 Å². The number of hydrogen-bond acceptors (Lipinski definition) is 5. The monoisotopic (exact) mass is 308 g/mol. The molecular weight excluding hydrogens is 284 g/mol. The highest BCUT2D eigenvalue weighted by molar-refractivity contribution is 7.15. The number of carbonyl (C=O) groups is 1. The van der Waals surface area contributed by atoms with E-state index in [1.54, 1.807) is 11.3 Å². The summed E-state index contributed by atoms with van der Waals surface area (Å²) in [7, 11) is 0. The quantitative estimate of drug-likeness (QED) is 0.781. The molecule has 0 amide bonds. The van der Waals surface area contributed by atoms with Crippen molar-refractivity contribution in [3.8, 4) is 0 Å². The van der Waals surface area contributed by atoms with Crippen molar-refractivity contribution in [3.63, 3.8) is 0 Å². The normalized spacial score (nSPS) is 21.5. The third-order valence-corrected chi connectivity index (χ3v) is 5.80. The smallest absolute Gasteiger partial charge is 0.315 e. The number of carbonyl (C=O) groups excluding carboxylic acids is 1. The minimum Gasteiger partial charge on any atom is -0.465 e. The molecule has 5 heteroatoms. The van der Waals surface area contributed by atoms with Gasteiger partial charge in [0.15, 0.2) is 5.13 Å². The molecule has 1 saturated carbocycles. The van der Waals surface area contributed by atoms with Gasteiger partial charge < -0.3 is 9.64 Å². The van der Waals surface area contributed by atoms with Crippen LogP contribution in [0.2, 0.25) is 0 Å². The Morgan fingerprint density at radius 1 is 1.33 bits per heavy atom. The van der Waals surface area contributed by atoms with Gasteiger partial charge in [-0.05, 0) is 39.5 Å². The van der Waals surface area contributed by atoms with E-state index in [0.717, 1.165) is 30.2 Å². The molecule has 1 unspecified atom stereocenters. The van der Waals surface area contributed by atoms with E-state index in [4.69, 9.17) is 9.72 Å². The molecule has 1 aromatic heterocycles. The third kappa shape index (κ3) is 2.80. The lowest BCUT2D eigenvalue weighted by Crippen LogP contribution is -2.32. The molecule has 116 valence electrons. The first-order valence-electron chi connectivity index (χ1n) is 8.17. The maximum absolute atomic E-state index is 12.0. The minimum absolute atomic E-state index is 0.1000. The van der Waals surface area contributed by atoms with Gasteiger partial charge >= 0.3 is 5.97 Å². The van der Waals surface area contributed by atoms with Gasteiger partial charge in [-0.3, -0.25) is 4.79 Å². The van der Waals surface area contributed by atoms with Crippen LogP contribution in [0, 0.1) is 0 Å². The average Bonchev–Trinajstić information content (AvgIpc) is 3.15. The molecular formula is C16H24N2O2S. The molecule has 2 aliphatic rings. The number of nitrogens with zero attached hydrogens (tertiary/aromatic N) is 2. The topological polar surface area (TPSA) is 42.4 Å². The molecule has 1 heterocycles. The van der Waals surface area contributed by atoms with Gasteiger partial charge in [0.1, 0.15) is 5.92 Å². The number of hydrogen-bond donors (Lipinski definition) is 0. The zero-order valence-electron chi connectivity index (χ0n) is 12.9. The van der Waals surface area contributed by atoms with Crippen LogP contribution in [0.15, 0.2) is 0 Å². The first-order valence-corrected chi connectivity index (χ1v) is 8.99. The van der Waals surface area contributed by atoms with Crippen molar-refractivity contribution in [1.29, 1.82) is 0 Å². The van der Waals surface area contributed by atoms with Crippen LogP contribution >= 0.6 is 11.3 Å². The largest absolute Gasteiger partial charge is 0.465 e. The second kappa shape index (κ2) is 6.34. The Kier molecular flexibility index (Phi) is 4.48. The van der Waals surface area contributed by atoms with Gasteiger partial charge in [0.2, 0.25) is 0 Å². The number of esters is 1. The van der Waals surface area contributed by atoms with Gasteiger partial charge in [0.05, 0.1) is 12.3 Å². The first kappa shape index (κ1) is 14.8. The summed E-state index contributed by atoms with van der Waals surface area (Å²) >= 11 is 1.79. The summed E-state index contributed by atoms with van der Waals surface area (Å²) < 4.78 is 5.19. The van der Waals surface area contributed by atoms with Gasteiger partial charge in [-0.1, -0.05) is 12.8 Å². The molecule has 1 fully saturated rings. The third-order valence-electron chi connectivity index (χ3n) is 4.63. The Labute approximate surface area is 130 Å². The summed E-state index contributed by atoms with van der Waals surface area (Å²) in [6, 6.07) is 0.641. The van der Waals surface area contributed by atoms with Gasteiger partial charge in [-0.2, -0.15) is 0 Å². The lowest BCUT2D eigenvalue weighted by Gasteiger charge is -2.27. The highest BCUT2D eigenvalue weighted by atomic mass is 32.1. The van der Waals surface area contributed by atoms with Crippen LogP contribution in [0.1, 0.15) is 62.4 Å².